The third-order valence-electron chi connectivity index (χ3n) is 6.22. The Balaban J connectivity index is 1.32. The van der Waals surface area contributed by atoms with Crippen molar-refractivity contribution in [2.75, 3.05) is 37.4 Å². The Morgan fingerprint density at radius 2 is 1.97 bits per heavy atom. The highest BCUT2D eigenvalue weighted by Gasteiger charge is 2.14. The predicted molar refractivity (Wildman–Crippen MR) is 144 cm³/mol. The van der Waals surface area contributed by atoms with Crippen LogP contribution in [0.5, 0.6) is 5.75 Å². The molecular formula is C28H30FN7O2. The van der Waals surface area contributed by atoms with Crippen LogP contribution in [0.15, 0.2) is 61.1 Å². The molecule has 1 aromatic heterocycles. The minimum Gasteiger partial charge on any atom is -0.490 e. The first-order chi connectivity index (χ1) is 18.6. The average molecular weight is 516 g/mol. The van der Waals surface area contributed by atoms with Crippen LogP contribution in [-0.4, -0.2) is 42.6 Å². The number of carbonyl (C=O) groups excluding carboxylic acids is 1. The maximum Gasteiger partial charge on any atom is 0.245 e. The van der Waals surface area contributed by atoms with E-state index in [1.54, 1.807) is 49.8 Å². The van der Waals surface area contributed by atoms with Crippen molar-refractivity contribution >= 4 is 17.3 Å². The minimum absolute atomic E-state index is 0.00797. The molecule has 0 atom stereocenters. The van der Waals surface area contributed by atoms with Crippen molar-refractivity contribution in [1.29, 1.82) is 5.26 Å². The van der Waals surface area contributed by atoms with E-state index in [4.69, 9.17) is 10.00 Å². The molecule has 0 unspecified atom stereocenters. The van der Waals surface area contributed by atoms with Gasteiger partial charge < -0.3 is 26.0 Å². The molecule has 1 amide bonds. The lowest BCUT2D eigenvalue weighted by Crippen LogP contribution is -2.30. The van der Waals surface area contributed by atoms with Gasteiger partial charge in [0.2, 0.25) is 5.91 Å². The summed E-state index contributed by atoms with van der Waals surface area (Å²) < 4.78 is 20.3. The van der Waals surface area contributed by atoms with E-state index in [0.717, 1.165) is 31.6 Å². The molecule has 10 heteroatoms. The Labute approximate surface area is 221 Å². The lowest BCUT2D eigenvalue weighted by molar-refractivity contribution is -0.116. The van der Waals surface area contributed by atoms with Crippen LogP contribution in [0, 0.1) is 23.1 Å². The zero-order valence-corrected chi connectivity index (χ0v) is 21.1. The monoisotopic (exact) mass is 515 g/mol. The number of benzene rings is 2. The number of anilines is 2. The van der Waals surface area contributed by atoms with Gasteiger partial charge in [-0.25, -0.2) is 14.4 Å². The van der Waals surface area contributed by atoms with Crippen LogP contribution >= 0.6 is 0 Å². The maximum atomic E-state index is 14.4. The summed E-state index contributed by atoms with van der Waals surface area (Å²) in [6.45, 7) is 2.65. The molecule has 0 saturated carbocycles. The zero-order chi connectivity index (χ0) is 26.7. The van der Waals surface area contributed by atoms with Crippen LogP contribution in [-0.2, 0) is 11.3 Å². The van der Waals surface area contributed by atoms with Crippen molar-refractivity contribution in [2.45, 2.75) is 19.4 Å². The van der Waals surface area contributed by atoms with Crippen molar-refractivity contribution in [3.63, 3.8) is 0 Å². The molecular weight excluding hydrogens is 485 g/mol. The number of hydrogen-bond donors (Lipinski definition) is 4. The van der Waals surface area contributed by atoms with Gasteiger partial charge in [-0.15, -0.1) is 0 Å². The third-order valence-corrected chi connectivity index (χ3v) is 6.22. The number of aromatic nitrogens is 2. The van der Waals surface area contributed by atoms with Crippen LogP contribution in [0.4, 0.5) is 15.8 Å². The molecule has 1 saturated heterocycles. The first-order valence-corrected chi connectivity index (χ1v) is 12.4. The number of amides is 1. The molecule has 3 aromatic rings. The van der Waals surface area contributed by atoms with E-state index in [1.807, 2.05) is 0 Å². The van der Waals surface area contributed by atoms with Crippen LogP contribution < -0.4 is 26.0 Å². The van der Waals surface area contributed by atoms with E-state index < -0.39 is 11.7 Å². The summed E-state index contributed by atoms with van der Waals surface area (Å²) in [6.07, 6.45) is 8.19. The van der Waals surface area contributed by atoms with Crippen molar-refractivity contribution in [1.82, 2.24) is 20.6 Å². The lowest BCUT2D eigenvalue weighted by atomic mass is 9.99. The van der Waals surface area contributed by atoms with Gasteiger partial charge in [0.25, 0.3) is 0 Å². The van der Waals surface area contributed by atoms with Crippen LogP contribution in [0.3, 0.4) is 0 Å². The van der Waals surface area contributed by atoms with E-state index in [9.17, 15) is 9.18 Å². The van der Waals surface area contributed by atoms with E-state index in [1.165, 1.54) is 18.3 Å². The maximum absolute atomic E-state index is 14.4. The fourth-order valence-corrected chi connectivity index (χ4v) is 4.05. The molecule has 2 aromatic carbocycles. The van der Waals surface area contributed by atoms with E-state index in [-0.39, 0.29) is 6.54 Å². The van der Waals surface area contributed by atoms with Gasteiger partial charge >= 0.3 is 0 Å². The minimum atomic E-state index is -0.440. The summed E-state index contributed by atoms with van der Waals surface area (Å²) >= 11 is 0. The molecule has 1 aliphatic heterocycles. The van der Waals surface area contributed by atoms with Crippen molar-refractivity contribution < 1.29 is 13.9 Å². The van der Waals surface area contributed by atoms with E-state index in [2.05, 4.69) is 37.3 Å². The Hall–Kier alpha value is -4.49. The Kier molecular flexibility index (Phi) is 9.21. The molecule has 1 fully saturated rings. The van der Waals surface area contributed by atoms with Gasteiger partial charge in [-0.3, -0.25) is 4.79 Å². The number of hydrogen-bond acceptors (Lipinski definition) is 8. The second-order valence-corrected chi connectivity index (χ2v) is 8.87. The number of nitrogens with zero attached hydrogens (tertiary/aromatic N) is 3. The largest absolute Gasteiger partial charge is 0.490 e. The summed E-state index contributed by atoms with van der Waals surface area (Å²) in [5.74, 6) is 0.720. The van der Waals surface area contributed by atoms with Crippen LogP contribution in [0.1, 0.15) is 24.0 Å². The summed E-state index contributed by atoms with van der Waals surface area (Å²) in [5, 5.41) is 21.1. The molecule has 196 valence electrons. The van der Waals surface area contributed by atoms with E-state index >= 15 is 0 Å². The van der Waals surface area contributed by atoms with Crippen molar-refractivity contribution in [2.24, 2.45) is 5.92 Å². The molecule has 4 rings (SSSR count). The zero-order valence-electron chi connectivity index (χ0n) is 21.1. The van der Waals surface area contributed by atoms with Gasteiger partial charge in [0.15, 0.2) is 11.6 Å². The average Bonchev–Trinajstić information content (AvgIpc) is 2.96. The van der Waals surface area contributed by atoms with E-state index in [0.29, 0.717) is 46.5 Å². The summed E-state index contributed by atoms with van der Waals surface area (Å²) in [4.78, 5) is 21.0. The number of nitrogens with one attached hydrogen (secondary N) is 4. The van der Waals surface area contributed by atoms with Gasteiger partial charge in [0.05, 0.1) is 42.0 Å². The molecule has 1 aliphatic rings. The topological polar surface area (TPSA) is 124 Å². The fourth-order valence-electron chi connectivity index (χ4n) is 4.05. The molecule has 9 nitrogen and oxygen atoms in total. The quantitative estimate of drug-likeness (QED) is 0.301. The molecule has 0 spiro atoms. The first kappa shape index (κ1) is 26.6. The number of halogens is 1. The van der Waals surface area contributed by atoms with Gasteiger partial charge in [-0.2, -0.15) is 5.26 Å². The number of piperidine rings is 1. The number of carbonyl (C=O) groups is 1. The summed E-state index contributed by atoms with van der Waals surface area (Å²) in [7, 11) is 1.76. The SMILES string of the molecule is CNc1ccc(C#N)cc1N/C=C\C(=O)NCc1cc(-c2ncc(OCC3CCNCC3)cn2)ccc1F. The molecule has 0 aliphatic carbocycles. The number of nitriles is 1. The molecule has 38 heavy (non-hydrogen) atoms. The summed E-state index contributed by atoms with van der Waals surface area (Å²) in [6, 6.07) is 11.8. The number of rotatable bonds is 10. The van der Waals surface area contributed by atoms with Gasteiger partial charge in [-0.05, 0) is 68.2 Å². The summed E-state index contributed by atoms with van der Waals surface area (Å²) in [5.41, 5.74) is 2.86. The van der Waals surface area contributed by atoms with Gasteiger partial charge in [0, 0.05) is 37.0 Å². The van der Waals surface area contributed by atoms with Gasteiger partial charge in [-0.1, -0.05) is 0 Å². The van der Waals surface area contributed by atoms with Crippen LogP contribution in [0.2, 0.25) is 0 Å². The highest BCUT2D eigenvalue weighted by Crippen LogP contribution is 2.23. The Morgan fingerprint density at radius 1 is 1.18 bits per heavy atom. The lowest BCUT2D eigenvalue weighted by Gasteiger charge is -2.22. The molecule has 2 heterocycles. The third kappa shape index (κ3) is 7.27. The highest BCUT2D eigenvalue weighted by atomic mass is 19.1. The molecule has 0 radical (unpaired) electrons. The Morgan fingerprint density at radius 3 is 2.71 bits per heavy atom. The predicted octanol–water partition coefficient (Wildman–Crippen LogP) is 3.82. The fraction of sp³-hybridized carbons (Fsp3) is 0.286. The molecule has 4 N–H and O–H groups in total. The second kappa shape index (κ2) is 13.2. The Bertz CT molecular complexity index is 1320. The first-order valence-electron chi connectivity index (χ1n) is 12.4. The standard InChI is InChI=1S/C28H30FN7O2/c1-31-25-5-2-20(14-30)12-26(25)33-11-8-27(37)34-15-22-13-21(3-4-24(22)29)28-35-16-23(17-36-28)38-18-19-6-9-32-10-7-19/h2-5,8,11-13,16-17,19,31-33H,6-7,9-10,15,18H2,1H3,(H,34,37)/b11-8-. The van der Waals surface area contributed by atoms with Crippen LogP contribution in [0.25, 0.3) is 11.4 Å². The highest BCUT2D eigenvalue weighted by molar-refractivity contribution is 5.88. The van der Waals surface area contributed by atoms with Crippen molar-refractivity contribution in [3.8, 4) is 23.2 Å². The molecule has 0 bridgehead atoms. The number of ether oxygens (including phenoxy) is 1. The normalized spacial score (nSPS) is 13.6. The van der Waals surface area contributed by atoms with Gasteiger partial charge in [0.1, 0.15) is 5.82 Å². The second-order valence-electron chi connectivity index (χ2n) is 8.87. The smallest absolute Gasteiger partial charge is 0.245 e. The van der Waals surface area contributed by atoms with Crippen molar-refractivity contribution in [3.05, 3.63) is 78.0 Å².